The number of carbonyl (C=O) groups excluding carboxylic acids is 1. The maximum atomic E-state index is 10.4. The third-order valence-electron chi connectivity index (χ3n) is 1.23. The number of primary amides is 1. The first kappa shape index (κ1) is 6.07. The molecule has 0 saturated carbocycles. The van der Waals surface area contributed by atoms with Crippen LogP contribution in [-0.2, 0) is 0 Å². The van der Waals surface area contributed by atoms with Gasteiger partial charge >= 0.3 is 6.03 Å². The van der Waals surface area contributed by atoms with E-state index >= 15 is 0 Å². The van der Waals surface area contributed by atoms with Crippen LogP contribution in [0.25, 0.3) is 0 Å². The fraction of sp³-hybridized carbons (Fsp3) is 0.600. The third kappa shape index (κ3) is 1.19. The van der Waals surface area contributed by atoms with Gasteiger partial charge in [0.05, 0.1) is 6.54 Å². The third-order valence-corrected chi connectivity index (χ3v) is 1.23. The fourth-order valence-electron chi connectivity index (χ4n) is 0.733. The Morgan fingerprint density at radius 1 is 1.89 bits per heavy atom. The smallest absolute Gasteiger partial charge is 0.335 e. The molecule has 0 radical (unpaired) electrons. The monoisotopic (exact) mass is 127 g/mol. The Kier molecular flexibility index (Phi) is 1.38. The van der Waals surface area contributed by atoms with Crippen molar-refractivity contribution in [1.29, 1.82) is 0 Å². The summed E-state index contributed by atoms with van der Waals surface area (Å²) in [5.74, 6) is 0. The van der Waals surface area contributed by atoms with Crippen molar-refractivity contribution in [2.24, 2.45) is 10.8 Å². The topological polar surface area (TPSA) is 58.7 Å². The molecular formula is C5H9N3O. The standard InChI is InChI=1S/C5H9N3O/c1-4-2-3-8(7-4)5(6)9/h2-3H2,1H3,(H2,6,9). The van der Waals surface area contributed by atoms with E-state index in [0.29, 0.717) is 6.54 Å². The summed E-state index contributed by atoms with van der Waals surface area (Å²) in [5.41, 5.74) is 5.91. The van der Waals surface area contributed by atoms with Crippen molar-refractivity contribution < 1.29 is 4.79 Å². The molecule has 1 aliphatic rings. The van der Waals surface area contributed by atoms with Gasteiger partial charge in [-0.15, -0.1) is 0 Å². The molecule has 2 amide bonds. The van der Waals surface area contributed by atoms with E-state index in [2.05, 4.69) is 5.10 Å². The number of amides is 2. The zero-order valence-corrected chi connectivity index (χ0v) is 5.29. The Hall–Kier alpha value is -1.06. The second-order valence-electron chi connectivity index (χ2n) is 2.05. The molecule has 4 nitrogen and oxygen atoms in total. The number of urea groups is 1. The lowest BCUT2D eigenvalue weighted by Gasteiger charge is -2.04. The first-order valence-corrected chi connectivity index (χ1v) is 2.81. The lowest BCUT2D eigenvalue weighted by Crippen LogP contribution is -2.29. The maximum absolute atomic E-state index is 10.4. The number of hydrogen-bond acceptors (Lipinski definition) is 2. The van der Waals surface area contributed by atoms with E-state index in [4.69, 9.17) is 5.73 Å². The van der Waals surface area contributed by atoms with E-state index in [1.54, 1.807) is 0 Å². The molecule has 0 fully saturated rings. The summed E-state index contributed by atoms with van der Waals surface area (Å²) >= 11 is 0. The molecule has 2 N–H and O–H groups in total. The molecule has 0 unspecified atom stereocenters. The Bertz CT molecular complexity index is 164. The molecule has 1 heterocycles. The van der Waals surface area contributed by atoms with Crippen LogP contribution in [0.5, 0.6) is 0 Å². The number of carbonyl (C=O) groups is 1. The van der Waals surface area contributed by atoms with E-state index in [-0.39, 0.29) is 0 Å². The fourth-order valence-corrected chi connectivity index (χ4v) is 0.733. The molecule has 1 rings (SSSR count). The van der Waals surface area contributed by atoms with Gasteiger partial charge in [-0.05, 0) is 6.92 Å². The summed E-state index contributed by atoms with van der Waals surface area (Å²) in [5, 5.41) is 5.14. The van der Waals surface area contributed by atoms with E-state index in [1.807, 2.05) is 6.92 Å². The van der Waals surface area contributed by atoms with Gasteiger partial charge in [-0.25, -0.2) is 9.80 Å². The van der Waals surface area contributed by atoms with E-state index in [1.165, 1.54) is 5.01 Å². The molecule has 0 saturated heterocycles. The SMILES string of the molecule is CC1=NN(C(N)=O)CC1. The largest absolute Gasteiger partial charge is 0.350 e. The van der Waals surface area contributed by atoms with Gasteiger partial charge in [0.2, 0.25) is 0 Å². The summed E-state index contributed by atoms with van der Waals surface area (Å²) in [6.07, 6.45) is 0.850. The summed E-state index contributed by atoms with van der Waals surface area (Å²) in [4.78, 5) is 10.4. The summed E-state index contributed by atoms with van der Waals surface area (Å²) in [6.45, 7) is 2.52. The zero-order valence-electron chi connectivity index (χ0n) is 5.29. The van der Waals surface area contributed by atoms with Crippen molar-refractivity contribution in [2.75, 3.05) is 6.54 Å². The van der Waals surface area contributed by atoms with Gasteiger partial charge in [0.1, 0.15) is 0 Å². The Morgan fingerprint density at radius 2 is 2.56 bits per heavy atom. The molecule has 0 aromatic heterocycles. The van der Waals surface area contributed by atoms with Crippen molar-refractivity contribution >= 4 is 11.7 Å². The number of rotatable bonds is 0. The van der Waals surface area contributed by atoms with Gasteiger partial charge in [0, 0.05) is 12.1 Å². The second-order valence-corrected chi connectivity index (χ2v) is 2.05. The van der Waals surface area contributed by atoms with Gasteiger partial charge in [0.25, 0.3) is 0 Å². The summed E-state index contributed by atoms with van der Waals surface area (Å²) in [7, 11) is 0. The van der Waals surface area contributed by atoms with Crippen molar-refractivity contribution in [1.82, 2.24) is 5.01 Å². The van der Waals surface area contributed by atoms with Crippen LogP contribution in [0.4, 0.5) is 4.79 Å². The van der Waals surface area contributed by atoms with Crippen LogP contribution in [0, 0.1) is 0 Å². The normalized spacial score (nSPS) is 17.9. The van der Waals surface area contributed by atoms with Crippen molar-refractivity contribution in [3.05, 3.63) is 0 Å². The molecule has 0 spiro atoms. The first-order valence-electron chi connectivity index (χ1n) is 2.81. The highest BCUT2D eigenvalue weighted by molar-refractivity contribution is 5.86. The predicted octanol–water partition coefficient (Wildman–Crippen LogP) is 0.147. The second kappa shape index (κ2) is 2.05. The number of hydrogen-bond donors (Lipinski definition) is 1. The summed E-state index contributed by atoms with van der Waals surface area (Å²) in [6, 6.07) is -0.466. The van der Waals surface area contributed by atoms with Crippen molar-refractivity contribution in [3.8, 4) is 0 Å². The Balaban J connectivity index is 2.57. The number of nitrogens with two attached hydrogens (primary N) is 1. The molecule has 0 aliphatic carbocycles. The van der Waals surface area contributed by atoms with E-state index in [9.17, 15) is 4.79 Å². The lowest BCUT2D eigenvalue weighted by atomic mass is 10.3. The maximum Gasteiger partial charge on any atom is 0.335 e. The van der Waals surface area contributed by atoms with Crippen molar-refractivity contribution in [2.45, 2.75) is 13.3 Å². The highest BCUT2D eigenvalue weighted by Gasteiger charge is 2.14. The van der Waals surface area contributed by atoms with Crippen LogP contribution >= 0.6 is 0 Å². The van der Waals surface area contributed by atoms with Crippen LogP contribution in [-0.4, -0.2) is 23.3 Å². The van der Waals surface area contributed by atoms with E-state index < -0.39 is 6.03 Å². The minimum absolute atomic E-state index is 0.466. The van der Waals surface area contributed by atoms with Gasteiger partial charge in [0.15, 0.2) is 0 Å². The van der Waals surface area contributed by atoms with Gasteiger partial charge in [-0.3, -0.25) is 0 Å². The molecule has 1 aliphatic heterocycles. The van der Waals surface area contributed by atoms with Gasteiger partial charge < -0.3 is 5.73 Å². The minimum atomic E-state index is -0.466. The highest BCUT2D eigenvalue weighted by Crippen LogP contribution is 2.03. The van der Waals surface area contributed by atoms with Crippen molar-refractivity contribution in [3.63, 3.8) is 0 Å². The van der Waals surface area contributed by atoms with Crippen LogP contribution in [0.1, 0.15) is 13.3 Å². The first-order chi connectivity index (χ1) is 4.20. The van der Waals surface area contributed by atoms with E-state index in [0.717, 1.165) is 12.1 Å². The number of nitrogens with zero attached hydrogens (tertiary/aromatic N) is 2. The van der Waals surface area contributed by atoms with Crippen LogP contribution in [0.3, 0.4) is 0 Å². The Morgan fingerprint density at radius 3 is 2.78 bits per heavy atom. The van der Waals surface area contributed by atoms with Crippen LogP contribution in [0.15, 0.2) is 5.10 Å². The molecule has 0 atom stereocenters. The highest BCUT2D eigenvalue weighted by atomic mass is 16.2. The molecule has 0 aromatic rings. The molecule has 50 valence electrons. The minimum Gasteiger partial charge on any atom is -0.350 e. The molecular weight excluding hydrogens is 118 g/mol. The van der Waals surface area contributed by atoms with Crippen LogP contribution in [0.2, 0.25) is 0 Å². The Labute approximate surface area is 53.3 Å². The molecule has 0 aromatic carbocycles. The predicted molar refractivity (Wildman–Crippen MR) is 34.0 cm³/mol. The zero-order chi connectivity index (χ0) is 6.85. The lowest BCUT2D eigenvalue weighted by molar-refractivity contribution is 0.215. The van der Waals surface area contributed by atoms with Gasteiger partial charge in [-0.1, -0.05) is 0 Å². The average Bonchev–Trinajstić information content (AvgIpc) is 2.14. The molecule has 4 heteroatoms. The average molecular weight is 127 g/mol. The van der Waals surface area contributed by atoms with Crippen LogP contribution < -0.4 is 5.73 Å². The quantitative estimate of drug-likeness (QED) is 0.494. The molecule has 9 heavy (non-hydrogen) atoms. The summed E-state index contributed by atoms with van der Waals surface area (Å²) < 4.78 is 0. The number of hydrazone groups is 1. The molecule has 0 bridgehead atoms. The van der Waals surface area contributed by atoms with Gasteiger partial charge in [-0.2, -0.15) is 5.10 Å².